The number of nitrogens with one attached hydrogen (secondary N) is 1. The van der Waals surface area contributed by atoms with Crippen LogP contribution >= 0.6 is 24.0 Å². The maximum atomic E-state index is 3.77. The van der Waals surface area contributed by atoms with Gasteiger partial charge in [0.2, 0.25) is 0 Å². The summed E-state index contributed by atoms with van der Waals surface area (Å²) in [6, 6.07) is 0. The first-order chi connectivity index (χ1) is 8.06. The zero-order valence-corrected chi connectivity index (χ0v) is 13.5. The molecule has 0 aromatic rings. The Balaban J connectivity index is 2.72. The molecule has 1 nitrogen and oxygen atoms in total. The molecule has 0 saturated carbocycles. The van der Waals surface area contributed by atoms with Crippen LogP contribution in [0.1, 0.15) is 20.3 Å². The summed E-state index contributed by atoms with van der Waals surface area (Å²) in [5.74, 6) is 0.672. The fourth-order valence-electron chi connectivity index (χ4n) is 2.19. The summed E-state index contributed by atoms with van der Waals surface area (Å²) in [4.78, 5) is 0.517. The third-order valence-electron chi connectivity index (χ3n) is 2.95. The molecular weight excluding hydrogens is 293 g/mol. The highest BCUT2D eigenvalue weighted by molar-refractivity contribution is 9.09. The Hall–Kier alpha value is 0.0900. The van der Waals surface area contributed by atoms with Gasteiger partial charge in [0.25, 0.3) is 0 Å². The first-order valence-corrected chi connectivity index (χ1v) is 8.93. The molecule has 0 aromatic heterocycles. The standard InChI is InChI=1S/C14H23BrNP/c1-5-10-16-17(4)14(11(2)3)12-6-8-13(15)9-7-12/h5-8,11,13-14,16H,1,9-10H2,2-4H3. The van der Waals surface area contributed by atoms with Gasteiger partial charge < -0.3 is 0 Å². The van der Waals surface area contributed by atoms with Crippen molar-refractivity contribution in [3.05, 3.63) is 36.5 Å². The lowest BCUT2D eigenvalue weighted by Gasteiger charge is -2.31. The molecule has 1 N–H and O–H groups in total. The molecule has 1 aliphatic carbocycles. The van der Waals surface area contributed by atoms with Crippen molar-refractivity contribution in [2.45, 2.75) is 30.8 Å². The maximum Gasteiger partial charge on any atom is 0.0363 e. The van der Waals surface area contributed by atoms with E-state index in [1.54, 1.807) is 0 Å². The van der Waals surface area contributed by atoms with Crippen molar-refractivity contribution in [1.29, 1.82) is 0 Å². The summed E-state index contributed by atoms with van der Waals surface area (Å²) in [5, 5.41) is 3.58. The third-order valence-corrected chi connectivity index (χ3v) is 6.04. The van der Waals surface area contributed by atoms with Gasteiger partial charge in [0.15, 0.2) is 0 Å². The SMILES string of the molecule is C=CCNP(C)C(C1=CCC(Br)C=C1)C(C)C. The highest BCUT2D eigenvalue weighted by atomic mass is 79.9. The van der Waals surface area contributed by atoms with Crippen LogP contribution in [0, 0.1) is 5.92 Å². The van der Waals surface area contributed by atoms with Gasteiger partial charge in [-0.05, 0) is 32.6 Å². The van der Waals surface area contributed by atoms with Crippen LogP contribution < -0.4 is 5.09 Å². The molecule has 3 heteroatoms. The second-order valence-electron chi connectivity index (χ2n) is 4.77. The van der Waals surface area contributed by atoms with Crippen LogP contribution in [0.3, 0.4) is 0 Å². The third kappa shape index (κ3) is 4.69. The fraction of sp³-hybridized carbons (Fsp3) is 0.571. The van der Waals surface area contributed by atoms with Gasteiger partial charge in [0, 0.05) is 17.0 Å². The van der Waals surface area contributed by atoms with Crippen LogP contribution in [0.15, 0.2) is 36.5 Å². The number of halogens is 1. The quantitative estimate of drug-likeness (QED) is 0.433. The van der Waals surface area contributed by atoms with Gasteiger partial charge >= 0.3 is 0 Å². The largest absolute Gasteiger partial charge is 0.292 e. The van der Waals surface area contributed by atoms with E-state index in [-0.39, 0.29) is 8.07 Å². The van der Waals surface area contributed by atoms with Gasteiger partial charge in [-0.2, -0.15) is 0 Å². The Morgan fingerprint density at radius 1 is 1.65 bits per heavy atom. The van der Waals surface area contributed by atoms with Crippen molar-refractivity contribution in [3.63, 3.8) is 0 Å². The van der Waals surface area contributed by atoms with E-state index in [9.17, 15) is 0 Å². The molecule has 0 heterocycles. The molecule has 0 bridgehead atoms. The van der Waals surface area contributed by atoms with E-state index in [1.165, 1.54) is 5.57 Å². The molecule has 0 aliphatic heterocycles. The van der Waals surface area contributed by atoms with Gasteiger partial charge in [-0.25, -0.2) is 0 Å². The highest BCUT2D eigenvalue weighted by Crippen LogP contribution is 2.43. The van der Waals surface area contributed by atoms with Gasteiger partial charge in [-0.1, -0.05) is 54.1 Å². The summed E-state index contributed by atoms with van der Waals surface area (Å²) < 4.78 is 0. The molecule has 3 atom stereocenters. The van der Waals surface area contributed by atoms with E-state index in [0.29, 0.717) is 16.4 Å². The number of alkyl halides is 1. The molecule has 0 spiro atoms. The lowest BCUT2D eigenvalue weighted by Crippen LogP contribution is -2.23. The first kappa shape index (κ1) is 15.1. The van der Waals surface area contributed by atoms with E-state index in [0.717, 1.165) is 13.0 Å². The molecule has 0 radical (unpaired) electrons. The predicted octanol–water partition coefficient (Wildman–Crippen LogP) is 4.46. The molecule has 0 saturated heterocycles. The van der Waals surface area contributed by atoms with Crippen molar-refractivity contribution in [1.82, 2.24) is 5.09 Å². The number of allylic oxidation sites excluding steroid dienone is 4. The summed E-state index contributed by atoms with van der Waals surface area (Å²) in [6.07, 6.45) is 10.00. The summed E-state index contributed by atoms with van der Waals surface area (Å²) in [5.41, 5.74) is 2.14. The first-order valence-electron chi connectivity index (χ1n) is 6.15. The average molecular weight is 316 g/mol. The summed E-state index contributed by atoms with van der Waals surface area (Å²) in [7, 11) is -0.183. The lowest BCUT2D eigenvalue weighted by molar-refractivity contribution is 0.650. The predicted molar refractivity (Wildman–Crippen MR) is 84.2 cm³/mol. The van der Waals surface area contributed by atoms with Crippen LogP contribution in [0.4, 0.5) is 0 Å². The summed E-state index contributed by atoms with van der Waals surface area (Å²) in [6.45, 7) is 11.6. The smallest absolute Gasteiger partial charge is 0.0363 e. The van der Waals surface area contributed by atoms with E-state index >= 15 is 0 Å². The zero-order chi connectivity index (χ0) is 12.8. The van der Waals surface area contributed by atoms with Gasteiger partial charge in [0.05, 0.1) is 0 Å². The Labute approximate surface area is 115 Å². The topological polar surface area (TPSA) is 12.0 Å². The minimum absolute atomic E-state index is 0.183. The second kappa shape index (κ2) is 7.51. The van der Waals surface area contributed by atoms with Crippen molar-refractivity contribution in [2.24, 2.45) is 5.92 Å². The Kier molecular flexibility index (Phi) is 6.69. The van der Waals surface area contributed by atoms with E-state index in [1.807, 2.05) is 6.08 Å². The maximum absolute atomic E-state index is 3.77. The Morgan fingerprint density at radius 2 is 2.35 bits per heavy atom. The monoisotopic (exact) mass is 315 g/mol. The Bertz CT molecular complexity index is 309. The molecule has 1 rings (SSSR count). The normalized spacial score (nSPS) is 23.4. The lowest BCUT2D eigenvalue weighted by atomic mass is 9.97. The molecule has 0 aromatic carbocycles. The number of hydrogen-bond acceptors (Lipinski definition) is 1. The molecule has 1 aliphatic rings. The van der Waals surface area contributed by atoms with Crippen molar-refractivity contribution >= 4 is 24.0 Å². The second-order valence-corrected chi connectivity index (χ2v) is 8.04. The molecule has 17 heavy (non-hydrogen) atoms. The minimum atomic E-state index is -0.183. The van der Waals surface area contributed by atoms with Gasteiger partial charge in [-0.3, -0.25) is 5.09 Å². The zero-order valence-electron chi connectivity index (χ0n) is 11.0. The van der Waals surface area contributed by atoms with Gasteiger partial charge in [0.1, 0.15) is 0 Å². The van der Waals surface area contributed by atoms with E-state index in [4.69, 9.17) is 0 Å². The average Bonchev–Trinajstić information content (AvgIpc) is 2.29. The van der Waals surface area contributed by atoms with Crippen LogP contribution in [-0.2, 0) is 0 Å². The van der Waals surface area contributed by atoms with Crippen molar-refractivity contribution in [3.8, 4) is 0 Å². The van der Waals surface area contributed by atoms with Crippen LogP contribution in [-0.4, -0.2) is 23.7 Å². The van der Waals surface area contributed by atoms with Crippen LogP contribution in [0.2, 0.25) is 0 Å². The Morgan fingerprint density at radius 3 is 2.82 bits per heavy atom. The molecule has 96 valence electrons. The summed E-state index contributed by atoms with van der Waals surface area (Å²) >= 11 is 3.63. The van der Waals surface area contributed by atoms with Crippen molar-refractivity contribution < 1.29 is 0 Å². The molecule has 0 amide bonds. The van der Waals surface area contributed by atoms with Gasteiger partial charge in [-0.15, -0.1) is 6.58 Å². The number of rotatable bonds is 6. The minimum Gasteiger partial charge on any atom is -0.292 e. The van der Waals surface area contributed by atoms with E-state index < -0.39 is 0 Å². The number of hydrogen-bond donors (Lipinski definition) is 1. The fourth-order valence-corrected chi connectivity index (χ4v) is 4.68. The van der Waals surface area contributed by atoms with Crippen LogP contribution in [0.25, 0.3) is 0 Å². The van der Waals surface area contributed by atoms with E-state index in [2.05, 4.69) is 66.3 Å². The highest BCUT2D eigenvalue weighted by Gasteiger charge is 2.24. The molecule has 3 unspecified atom stereocenters. The van der Waals surface area contributed by atoms with Crippen LogP contribution in [0.5, 0.6) is 0 Å². The van der Waals surface area contributed by atoms with Crippen molar-refractivity contribution in [2.75, 3.05) is 13.2 Å². The molecular formula is C14H23BrNP. The molecule has 0 fully saturated rings.